The third kappa shape index (κ3) is 5.80. The Morgan fingerprint density at radius 2 is 1.80 bits per heavy atom. The van der Waals surface area contributed by atoms with E-state index in [4.69, 9.17) is 0 Å². The molecule has 0 spiro atoms. The number of aryl methyl sites for hydroxylation is 1. The molecule has 1 aromatic heterocycles. The molecular weight excluding hydrogens is 376 g/mol. The van der Waals surface area contributed by atoms with Crippen molar-refractivity contribution >= 4 is 11.8 Å². The van der Waals surface area contributed by atoms with Crippen molar-refractivity contribution in [1.29, 1.82) is 0 Å². The van der Waals surface area contributed by atoms with Gasteiger partial charge in [0.1, 0.15) is 6.04 Å². The fourth-order valence-electron chi connectivity index (χ4n) is 3.26. The van der Waals surface area contributed by atoms with Crippen LogP contribution in [0.2, 0.25) is 0 Å². The lowest BCUT2D eigenvalue weighted by molar-refractivity contribution is -0.124. The van der Waals surface area contributed by atoms with Gasteiger partial charge in [-0.05, 0) is 42.2 Å². The van der Waals surface area contributed by atoms with Crippen LogP contribution in [-0.4, -0.2) is 27.6 Å². The normalized spacial score (nSPS) is 11.9. The molecule has 6 nitrogen and oxygen atoms in total. The number of hydrogen-bond acceptors (Lipinski definition) is 3. The Bertz CT molecular complexity index is 996. The van der Waals surface area contributed by atoms with E-state index in [2.05, 4.69) is 21.8 Å². The van der Waals surface area contributed by atoms with Gasteiger partial charge in [0.2, 0.25) is 5.91 Å². The average Bonchev–Trinajstić information content (AvgIpc) is 3.23. The fourth-order valence-corrected chi connectivity index (χ4v) is 3.26. The van der Waals surface area contributed by atoms with Crippen LogP contribution in [0.25, 0.3) is 0 Å². The van der Waals surface area contributed by atoms with Gasteiger partial charge < -0.3 is 10.6 Å². The molecule has 0 bridgehead atoms. The van der Waals surface area contributed by atoms with Crippen LogP contribution in [0.4, 0.5) is 0 Å². The Hall–Kier alpha value is -3.41. The molecule has 2 amide bonds. The summed E-state index contributed by atoms with van der Waals surface area (Å²) in [4.78, 5) is 25.4. The van der Waals surface area contributed by atoms with Crippen LogP contribution < -0.4 is 10.6 Å². The summed E-state index contributed by atoms with van der Waals surface area (Å²) in [6.45, 7) is 6.85. The van der Waals surface area contributed by atoms with E-state index < -0.39 is 6.04 Å². The second-order valence-electron chi connectivity index (χ2n) is 7.81. The zero-order chi connectivity index (χ0) is 21.5. The van der Waals surface area contributed by atoms with Gasteiger partial charge in [0.15, 0.2) is 0 Å². The topological polar surface area (TPSA) is 76.0 Å². The van der Waals surface area contributed by atoms with Crippen LogP contribution in [0.5, 0.6) is 0 Å². The Balaban J connectivity index is 1.61. The fraction of sp³-hybridized carbons (Fsp3) is 0.292. The summed E-state index contributed by atoms with van der Waals surface area (Å²) in [5.74, 6) is -0.470. The van der Waals surface area contributed by atoms with Crippen molar-refractivity contribution in [2.24, 2.45) is 5.92 Å². The number of amides is 2. The van der Waals surface area contributed by atoms with Gasteiger partial charge >= 0.3 is 0 Å². The Kier molecular flexibility index (Phi) is 7.01. The van der Waals surface area contributed by atoms with Crippen molar-refractivity contribution in [3.63, 3.8) is 0 Å². The number of hydrogen-bond donors (Lipinski definition) is 2. The highest BCUT2D eigenvalue weighted by molar-refractivity contribution is 5.97. The first-order valence-electron chi connectivity index (χ1n) is 10.1. The quantitative estimate of drug-likeness (QED) is 0.605. The van der Waals surface area contributed by atoms with Crippen LogP contribution in [-0.2, 0) is 17.9 Å². The van der Waals surface area contributed by atoms with Gasteiger partial charge in [-0.1, -0.05) is 55.8 Å². The molecule has 1 atom stereocenters. The van der Waals surface area contributed by atoms with Crippen LogP contribution in [0, 0.1) is 12.8 Å². The zero-order valence-electron chi connectivity index (χ0n) is 17.6. The number of benzene rings is 2. The molecule has 0 aliphatic heterocycles. The van der Waals surface area contributed by atoms with Crippen molar-refractivity contribution < 1.29 is 9.59 Å². The maximum Gasteiger partial charge on any atom is 0.251 e. The van der Waals surface area contributed by atoms with E-state index in [1.54, 1.807) is 12.3 Å². The van der Waals surface area contributed by atoms with Gasteiger partial charge in [0.05, 0.1) is 6.54 Å². The van der Waals surface area contributed by atoms with Gasteiger partial charge in [0, 0.05) is 24.5 Å². The van der Waals surface area contributed by atoms with Crippen LogP contribution in [0.15, 0.2) is 67.0 Å². The molecule has 0 aliphatic rings. The minimum absolute atomic E-state index is 0.0371. The molecular formula is C24H28N4O2. The summed E-state index contributed by atoms with van der Waals surface area (Å²) >= 11 is 0. The first kappa shape index (κ1) is 21.3. The molecule has 2 aromatic carbocycles. The molecule has 3 aromatic rings. The lowest BCUT2D eigenvalue weighted by Crippen LogP contribution is -2.49. The largest absolute Gasteiger partial charge is 0.350 e. The SMILES string of the molecule is Cc1cccc(C(=O)NC(C(=O)NCc2cccc(Cn3cccn3)c2)C(C)C)c1. The molecule has 6 heteroatoms. The molecule has 0 aliphatic carbocycles. The first-order valence-corrected chi connectivity index (χ1v) is 10.1. The van der Waals surface area contributed by atoms with Gasteiger partial charge in [0.25, 0.3) is 5.91 Å². The highest BCUT2D eigenvalue weighted by Gasteiger charge is 2.24. The van der Waals surface area contributed by atoms with E-state index >= 15 is 0 Å². The number of nitrogens with zero attached hydrogens (tertiary/aromatic N) is 2. The minimum Gasteiger partial charge on any atom is -0.350 e. The Morgan fingerprint density at radius 1 is 1.03 bits per heavy atom. The number of nitrogens with one attached hydrogen (secondary N) is 2. The first-order chi connectivity index (χ1) is 14.4. The summed E-state index contributed by atoms with van der Waals surface area (Å²) < 4.78 is 1.85. The van der Waals surface area contributed by atoms with Crippen LogP contribution >= 0.6 is 0 Å². The molecule has 3 rings (SSSR count). The standard InChI is InChI=1S/C24H28N4O2/c1-17(2)22(27-23(29)21-10-4-7-18(3)13-21)24(30)25-15-19-8-5-9-20(14-19)16-28-12-6-11-26-28/h4-14,17,22H,15-16H2,1-3H3,(H,25,30)(H,27,29). The third-order valence-corrected chi connectivity index (χ3v) is 4.88. The second kappa shape index (κ2) is 9.87. The predicted molar refractivity (Wildman–Crippen MR) is 117 cm³/mol. The van der Waals surface area contributed by atoms with Crippen LogP contribution in [0.3, 0.4) is 0 Å². The van der Waals surface area contributed by atoms with E-state index in [1.165, 1.54) is 0 Å². The maximum absolute atomic E-state index is 12.8. The van der Waals surface area contributed by atoms with Gasteiger partial charge in [-0.15, -0.1) is 0 Å². The van der Waals surface area contributed by atoms with Crippen molar-refractivity contribution in [3.8, 4) is 0 Å². The summed E-state index contributed by atoms with van der Waals surface area (Å²) in [5.41, 5.74) is 3.67. The number of aromatic nitrogens is 2. The van der Waals surface area contributed by atoms with Crippen molar-refractivity contribution in [3.05, 3.63) is 89.2 Å². The Labute approximate surface area is 177 Å². The highest BCUT2D eigenvalue weighted by atomic mass is 16.2. The summed E-state index contributed by atoms with van der Waals surface area (Å²) in [7, 11) is 0. The zero-order valence-corrected chi connectivity index (χ0v) is 17.6. The van der Waals surface area contributed by atoms with Crippen LogP contribution in [0.1, 0.15) is 40.9 Å². The van der Waals surface area contributed by atoms with Gasteiger partial charge in [-0.3, -0.25) is 14.3 Å². The molecule has 1 unspecified atom stereocenters. The lowest BCUT2D eigenvalue weighted by atomic mass is 10.0. The van der Waals surface area contributed by atoms with E-state index in [-0.39, 0.29) is 17.7 Å². The molecule has 1 heterocycles. The Morgan fingerprint density at radius 3 is 2.50 bits per heavy atom. The number of carbonyl (C=O) groups is 2. The monoisotopic (exact) mass is 404 g/mol. The molecule has 0 saturated heterocycles. The van der Waals surface area contributed by atoms with Crippen molar-refractivity contribution in [2.45, 2.75) is 39.9 Å². The van der Waals surface area contributed by atoms with E-state index in [9.17, 15) is 9.59 Å². The van der Waals surface area contributed by atoms with Gasteiger partial charge in [-0.2, -0.15) is 5.10 Å². The molecule has 2 N–H and O–H groups in total. The van der Waals surface area contributed by atoms with Gasteiger partial charge in [-0.25, -0.2) is 0 Å². The summed E-state index contributed by atoms with van der Waals surface area (Å²) in [5, 5.41) is 10.1. The summed E-state index contributed by atoms with van der Waals surface area (Å²) in [6, 6.07) is 16.7. The molecule has 0 fully saturated rings. The number of carbonyl (C=O) groups excluding carboxylic acids is 2. The van der Waals surface area contributed by atoms with E-state index in [1.807, 2.05) is 74.1 Å². The van der Waals surface area contributed by atoms with E-state index in [0.29, 0.717) is 18.7 Å². The highest BCUT2D eigenvalue weighted by Crippen LogP contribution is 2.10. The number of rotatable bonds is 8. The van der Waals surface area contributed by atoms with E-state index in [0.717, 1.165) is 16.7 Å². The van der Waals surface area contributed by atoms with Crippen molar-refractivity contribution in [1.82, 2.24) is 20.4 Å². The summed E-state index contributed by atoms with van der Waals surface area (Å²) in [6.07, 6.45) is 3.67. The molecule has 156 valence electrons. The van der Waals surface area contributed by atoms with Crippen molar-refractivity contribution in [2.75, 3.05) is 0 Å². The predicted octanol–water partition coefficient (Wildman–Crippen LogP) is 3.31. The lowest BCUT2D eigenvalue weighted by Gasteiger charge is -2.22. The second-order valence-corrected chi connectivity index (χ2v) is 7.81. The maximum atomic E-state index is 12.8. The minimum atomic E-state index is -0.606. The third-order valence-electron chi connectivity index (χ3n) is 4.88. The smallest absolute Gasteiger partial charge is 0.251 e. The molecule has 30 heavy (non-hydrogen) atoms. The molecule has 0 saturated carbocycles. The average molecular weight is 405 g/mol. The molecule has 0 radical (unpaired) electrons.